The molecule has 0 saturated carbocycles. The van der Waals surface area contributed by atoms with E-state index in [1.54, 1.807) is 0 Å². The zero-order chi connectivity index (χ0) is 48.9. The predicted molar refractivity (Wildman–Crippen MR) is 230 cm³/mol. The van der Waals surface area contributed by atoms with E-state index in [-0.39, 0.29) is 60.8 Å². The lowest BCUT2D eigenvalue weighted by Crippen LogP contribution is -2.60. The second-order valence-electron chi connectivity index (χ2n) is 14.5. The molecule has 18 N–H and O–H groups in total. The number of aliphatic imine (C=N–C) groups is 1. The highest BCUT2D eigenvalue weighted by molar-refractivity contribution is 7.47. The topological polar surface area (TPSA) is 450 Å². The zero-order valence-corrected chi connectivity index (χ0v) is 36.9. The minimum atomic E-state index is -4.97. The zero-order valence-electron chi connectivity index (χ0n) is 35.1. The van der Waals surface area contributed by atoms with Crippen molar-refractivity contribution in [2.45, 2.75) is 94.5 Å². The number of carboxylic acids is 1. The molecular weight excluding hydrogens is 902 g/mol. The van der Waals surface area contributed by atoms with Crippen molar-refractivity contribution in [1.29, 1.82) is 0 Å². The van der Waals surface area contributed by atoms with Crippen LogP contribution in [0, 0.1) is 0 Å². The van der Waals surface area contributed by atoms with Crippen LogP contribution in [0.2, 0.25) is 0 Å². The minimum absolute atomic E-state index is 0.0279. The van der Waals surface area contributed by atoms with Crippen LogP contribution in [0.5, 0.6) is 11.5 Å². The molecule has 0 aliphatic rings. The molecule has 0 bridgehead atoms. The Bertz CT molecular complexity index is 2060. The van der Waals surface area contributed by atoms with Gasteiger partial charge in [-0.1, -0.05) is 24.3 Å². The maximum atomic E-state index is 14.3. The molecule has 0 aliphatic carbocycles. The summed E-state index contributed by atoms with van der Waals surface area (Å²) in [6.07, 6.45) is 0.0925. The fraction of sp³-hybridized carbons (Fsp3) is 0.459. The molecule has 2 aromatic rings. The number of carbonyl (C=O) groups is 7. The summed E-state index contributed by atoms with van der Waals surface area (Å²) in [6, 6.07) is 1.22. The smallest absolute Gasteiger partial charge is 0.481 e. The van der Waals surface area contributed by atoms with Gasteiger partial charge in [0.25, 0.3) is 0 Å². The Labute approximate surface area is 372 Å². The number of unbranched alkanes of at least 4 members (excludes halogenated alkanes) is 1. The minimum Gasteiger partial charge on any atom is -0.481 e. The third-order valence-electron chi connectivity index (χ3n) is 8.91. The number of nitrogens with zero attached hydrogens (tertiary/aromatic N) is 1. The van der Waals surface area contributed by atoms with Gasteiger partial charge in [0.1, 0.15) is 42.0 Å². The molecule has 0 heterocycles. The van der Waals surface area contributed by atoms with Gasteiger partial charge in [-0.2, -0.15) is 0 Å². The van der Waals surface area contributed by atoms with Gasteiger partial charge in [-0.25, -0.2) is 9.13 Å². The Morgan fingerprint density at radius 1 is 0.662 bits per heavy atom. The van der Waals surface area contributed by atoms with Crippen molar-refractivity contribution in [2.24, 2.45) is 27.9 Å². The lowest BCUT2D eigenvalue weighted by Gasteiger charge is -2.27. The summed E-state index contributed by atoms with van der Waals surface area (Å²) in [4.78, 5) is 133. The summed E-state index contributed by atoms with van der Waals surface area (Å²) in [5.74, 6) is -7.22. The number of guanidine groups is 1. The van der Waals surface area contributed by atoms with Crippen LogP contribution in [0.25, 0.3) is 0 Å². The SMILES string of the molecule is C[C@H](N)C(=O)N[C@@H](CC(=O)O)C(=O)N[C@@H](Cc1ccc(OP(=O)(O)O)cc1)C(=O)N[C@@H](Cc1ccc(OP(=O)(O)O)cc1)C(=O)N[C@@H](CCCN=C(N)N)C(=O)N[C@H](C=O)CCCCN. The predicted octanol–water partition coefficient (Wildman–Crippen LogP) is -2.96. The number of carboxylic acid groups (broad SMARTS) is 1. The highest BCUT2D eigenvalue weighted by Crippen LogP contribution is 2.38. The van der Waals surface area contributed by atoms with Crippen molar-refractivity contribution >= 4 is 63.4 Å². The first-order chi connectivity index (χ1) is 30.4. The van der Waals surface area contributed by atoms with Crippen LogP contribution < -0.4 is 58.6 Å². The van der Waals surface area contributed by atoms with E-state index in [2.05, 4.69) is 40.6 Å². The van der Waals surface area contributed by atoms with Crippen LogP contribution in [-0.4, -0.2) is 122 Å². The van der Waals surface area contributed by atoms with Crippen molar-refractivity contribution in [2.75, 3.05) is 13.1 Å². The number of rotatable bonds is 29. The molecule has 2 rings (SSSR count). The second kappa shape index (κ2) is 26.7. The van der Waals surface area contributed by atoms with E-state index in [0.29, 0.717) is 25.7 Å². The van der Waals surface area contributed by atoms with Gasteiger partial charge in [0, 0.05) is 19.4 Å². The molecule has 0 saturated heterocycles. The third kappa shape index (κ3) is 22.5. The van der Waals surface area contributed by atoms with E-state index in [9.17, 15) is 67.4 Å². The van der Waals surface area contributed by atoms with E-state index in [1.165, 1.54) is 31.2 Å². The Balaban J connectivity index is 2.63. The van der Waals surface area contributed by atoms with Gasteiger partial charge in [-0.3, -0.25) is 53.3 Å². The molecule has 360 valence electrons. The molecule has 5 amide bonds. The standard InChI is InChI=1S/C37H56N10O16P2/c1-21(39)32(51)45-30(19-31(49)50)36(55)47-29(18-23-9-13-26(14-10-23)63-65(59,60)61)35(54)46-28(17-22-7-11-25(12-8-22)62-64(56,57)58)34(53)44-27(6-4-16-42-37(40)41)33(52)43-24(20-48)5-2-3-15-38/h7-14,20-21,24,27-30H,2-6,15-19,38-39H2,1H3,(H,43,52)(H,44,53)(H,45,51)(H,46,54)(H,47,55)(H,49,50)(H4,40,41,42)(H2,56,57,58)(H2,59,60,61)/t21-,24-,27-,28-,29-,30-/m0/s1. The first-order valence-corrected chi connectivity index (χ1v) is 22.8. The van der Waals surface area contributed by atoms with Gasteiger partial charge in [0.2, 0.25) is 29.5 Å². The monoisotopic (exact) mass is 958 g/mol. The number of aliphatic carboxylic acids is 1. The normalized spacial score (nSPS) is 14.1. The van der Waals surface area contributed by atoms with Gasteiger partial charge < -0.3 is 68.5 Å². The van der Waals surface area contributed by atoms with Crippen LogP contribution in [0.4, 0.5) is 0 Å². The quantitative estimate of drug-likeness (QED) is 0.0127. The summed E-state index contributed by atoms with van der Waals surface area (Å²) in [6.45, 7) is 1.64. The summed E-state index contributed by atoms with van der Waals surface area (Å²) < 4.78 is 31.9. The number of nitrogens with one attached hydrogen (secondary N) is 5. The molecule has 2 aromatic carbocycles. The fourth-order valence-corrected chi connectivity index (χ4v) is 6.57. The maximum absolute atomic E-state index is 14.3. The van der Waals surface area contributed by atoms with E-state index >= 15 is 0 Å². The molecule has 0 aromatic heterocycles. The van der Waals surface area contributed by atoms with E-state index in [1.807, 2.05) is 0 Å². The largest absolute Gasteiger partial charge is 0.524 e. The first kappa shape index (κ1) is 55.2. The number of benzene rings is 2. The van der Waals surface area contributed by atoms with Crippen LogP contribution in [-0.2, 0) is 55.5 Å². The van der Waals surface area contributed by atoms with Crippen LogP contribution >= 0.6 is 15.6 Å². The molecule has 0 aliphatic heterocycles. The number of amides is 5. The second-order valence-corrected chi connectivity index (χ2v) is 16.8. The summed E-state index contributed by atoms with van der Waals surface area (Å²) in [5.41, 5.74) is 22.5. The molecule has 26 nitrogen and oxygen atoms in total. The van der Waals surface area contributed by atoms with Crippen molar-refractivity contribution in [1.82, 2.24) is 26.6 Å². The van der Waals surface area contributed by atoms with Gasteiger partial charge >= 0.3 is 21.6 Å². The average Bonchev–Trinajstić information content (AvgIpc) is 3.20. The molecule has 0 spiro atoms. The molecule has 6 atom stereocenters. The molecule has 0 radical (unpaired) electrons. The number of hydrogen-bond acceptors (Lipinski definition) is 14. The molecule has 0 unspecified atom stereocenters. The van der Waals surface area contributed by atoms with E-state index in [4.69, 9.17) is 22.9 Å². The van der Waals surface area contributed by atoms with Gasteiger partial charge in [0.05, 0.1) is 18.5 Å². The summed E-state index contributed by atoms with van der Waals surface area (Å²) >= 11 is 0. The molecular formula is C37H56N10O16P2. The Hall–Kier alpha value is -5.98. The van der Waals surface area contributed by atoms with Crippen molar-refractivity contribution in [3.8, 4) is 11.5 Å². The van der Waals surface area contributed by atoms with Crippen molar-refractivity contribution in [3.63, 3.8) is 0 Å². The Morgan fingerprint density at radius 3 is 1.49 bits per heavy atom. The van der Waals surface area contributed by atoms with Crippen molar-refractivity contribution in [3.05, 3.63) is 59.7 Å². The van der Waals surface area contributed by atoms with E-state index < -0.39 is 100 Å². The number of phosphoric ester groups is 2. The van der Waals surface area contributed by atoms with Crippen LogP contribution in [0.3, 0.4) is 0 Å². The van der Waals surface area contributed by atoms with Gasteiger partial charge in [0.15, 0.2) is 5.96 Å². The number of aldehydes is 1. The molecule has 65 heavy (non-hydrogen) atoms. The molecule has 0 fully saturated rings. The number of hydrogen-bond donors (Lipinski definition) is 14. The fourth-order valence-electron chi connectivity index (χ4n) is 5.78. The lowest BCUT2D eigenvalue weighted by atomic mass is 10.0. The first-order valence-electron chi connectivity index (χ1n) is 19.8. The van der Waals surface area contributed by atoms with Gasteiger partial charge in [-0.05, 0) is 81.0 Å². The highest BCUT2D eigenvalue weighted by Gasteiger charge is 2.33. The van der Waals surface area contributed by atoms with Gasteiger partial charge in [-0.15, -0.1) is 0 Å². The Kier molecular flexibility index (Phi) is 22.7. The highest BCUT2D eigenvalue weighted by atomic mass is 31.2. The average molecular weight is 959 g/mol. The number of carbonyl (C=O) groups excluding carboxylic acids is 6. The van der Waals surface area contributed by atoms with Crippen LogP contribution in [0.15, 0.2) is 53.5 Å². The molecule has 28 heteroatoms. The number of phosphoric acid groups is 2. The van der Waals surface area contributed by atoms with Crippen LogP contribution in [0.1, 0.15) is 56.6 Å². The third-order valence-corrected chi connectivity index (χ3v) is 9.80. The number of nitrogens with two attached hydrogens (primary N) is 4. The Morgan fingerprint density at radius 2 is 1.09 bits per heavy atom. The lowest BCUT2D eigenvalue weighted by molar-refractivity contribution is -0.141. The summed E-state index contributed by atoms with van der Waals surface area (Å²) in [7, 11) is -9.94. The van der Waals surface area contributed by atoms with Crippen molar-refractivity contribution < 1.29 is 76.4 Å². The summed E-state index contributed by atoms with van der Waals surface area (Å²) in [5, 5.41) is 21.7. The maximum Gasteiger partial charge on any atom is 0.524 e. The van der Waals surface area contributed by atoms with E-state index in [0.717, 1.165) is 24.3 Å².